The van der Waals surface area contributed by atoms with Gasteiger partial charge in [-0.3, -0.25) is 14.5 Å². The molecule has 2 amide bonds. The summed E-state index contributed by atoms with van der Waals surface area (Å²) in [7, 11) is 0. The van der Waals surface area contributed by atoms with Gasteiger partial charge < -0.3 is 24.6 Å². The number of anilines is 2. The highest BCUT2D eigenvalue weighted by Crippen LogP contribution is 2.31. The van der Waals surface area contributed by atoms with Crippen molar-refractivity contribution in [1.82, 2.24) is 9.80 Å². The highest BCUT2D eigenvalue weighted by atomic mass is 16.6. The molecule has 3 heterocycles. The van der Waals surface area contributed by atoms with E-state index in [0.717, 1.165) is 24.5 Å². The summed E-state index contributed by atoms with van der Waals surface area (Å²) in [5.74, 6) is 1.19. The van der Waals surface area contributed by atoms with Crippen LogP contribution in [0.2, 0.25) is 0 Å². The Morgan fingerprint density at radius 1 is 0.879 bits per heavy atom. The van der Waals surface area contributed by atoms with Gasteiger partial charge in [0, 0.05) is 39.3 Å². The van der Waals surface area contributed by atoms with E-state index in [4.69, 9.17) is 9.47 Å². The highest BCUT2D eigenvalue weighted by Gasteiger charge is 2.33. The van der Waals surface area contributed by atoms with E-state index in [0.29, 0.717) is 44.2 Å². The molecule has 3 aliphatic heterocycles. The number of para-hydroxylation sites is 4. The quantitative estimate of drug-likeness (QED) is 0.753. The molecule has 2 aromatic rings. The van der Waals surface area contributed by atoms with Crippen molar-refractivity contribution in [3.8, 4) is 11.5 Å². The Balaban J connectivity index is 1.11. The first-order chi connectivity index (χ1) is 16.2. The number of carbonyl (C=O) groups is 2. The van der Waals surface area contributed by atoms with Crippen LogP contribution in [0.25, 0.3) is 0 Å². The van der Waals surface area contributed by atoms with Crippen LogP contribution in [-0.4, -0.2) is 80.1 Å². The molecule has 8 heteroatoms. The van der Waals surface area contributed by atoms with Gasteiger partial charge in [0.1, 0.15) is 6.61 Å². The normalized spacial score (nSPS) is 20.5. The van der Waals surface area contributed by atoms with Crippen molar-refractivity contribution in [1.29, 1.82) is 0 Å². The van der Waals surface area contributed by atoms with E-state index in [-0.39, 0.29) is 18.4 Å². The van der Waals surface area contributed by atoms with Crippen LogP contribution in [0.5, 0.6) is 11.5 Å². The monoisotopic (exact) mass is 450 g/mol. The summed E-state index contributed by atoms with van der Waals surface area (Å²) in [6.07, 6.45) is 1.75. The number of amides is 2. The van der Waals surface area contributed by atoms with E-state index < -0.39 is 6.10 Å². The number of benzene rings is 2. The molecule has 2 fully saturated rings. The molecule has 0 aliphatic carbocycles. The van der Waals surface area contributed by atoms with Gasteiger partial charge in [0.05, 0.1) is 17.9 Å². The third-order valence-corrected chi connectivity index (χ3v) is 6.46. The number of ether oxygens (including phenoxy) is 2. The molecule has 1 unspecified atom stereocenters. The van der Waals surface area contributed by atoms with Gasteiger partial charge in [-0.05, 0) is 37.1 Å². The lowest BCUT2D eigenvalue weighted by Gasteiger charge is -2.36. The Hall–Kier alpha value is -3.26. The van der Waals surface area contributed by atoms with E-state index in [1.807, 2.05) is 42.5 Å². The van der Waals surface area contributed by atoms with E-state index in [1.54, 1.807) is 4.90 Å². The summed E-state index contributed by atoms with van der Waals surface area (Å²) in [4.78, 5) is 31.9. The molecule has 174 valence electrons. The maximum Gasteiger partial charge on any atom is 0.267 e. The number of fused-ring (bicyclic) bond motifs is 1. The van der Waals surface area contributed by atoms with Crippen LogP contribution in [0, 0.1) is 0 Å². The minimum Gasteiger partial charge on any atom is -0.485 e. The Labute approximate surface area is 194 Å². The predicted octanol–water partition coefficient (Wildman–Crippen LogP) is 2.21. The van der Waals surface area contributed by atoms with Crippen molar-refractivity contribution in [2.45, 2.75) is 18.9 Å². The molecule has 2 saturated heterocycles. The summed E-state index contributed by atoms with van der Waals surface area (Å²) in [5, 5.41) is 3.09. The molecule has 1 atom stereocenters. The summed E-state index contributed by atoms with van der Waals surface area (Å²) in [6.45, 7) is 5.03. The molecule has 3 aliphatic rings. The molecular weight excluding hydrogens is 420 g/mol. The largest absolute Gasteiger partial charge is 0.485 e. The predicted molar refractivity (Wildman–Crippen MR) is 126 cm³/mol. The zero-order chi connectivity index (χ0) is 22.6. The molecule has 1 N–H and O–H groups in total. The molecule has 5 rings (SSSR count). The number of piperazine rings is 1. The molecule has 33 heavy (non-hydrogen) atoms. The zero-order valence-electron chi connectivity index (χ0n) is 18.7. The van der Waals surface area contributed by atoms with E-state index >= 15 is 0 Å². The van der Waals surface area contributed by atoms with Crippen molar-refractivity contribution < 1.29 is 19.1 Å². The number of carbonyl (C=O) groups excluding carboxylic acids is 2. The van der Waals surface area contributed by atoms with Crippen LogP contribution in [0.4, 0.5) is 11.4 Å². The molecule has 8 nitrogen and oxygen atoms in total. The van der Waals surface area contributed by atoms with Crippen LogP contribution < -0.4 is 19.7 Å². The first-order valence-corrected chi connectivity index (χ1v) is 11.7. The van der Waals surface area contributed by atoms with Gasteiger partial charge in [0.25, 0.3) is 5.91 Å². The fourth-order valence-corrected chi connectivity index (χ4v) is 4.68. The molecule has 2 aromatic carbocycles. The van der Waals surface area contributed by atoms with Crippen molar-refractivity contribution >= 4 is 23.2 Å². The van der Waals surface area contributed by atoms with Crippen molar-refractivity contribution in [2.75, 3.05) is 62.6 Å². The average molecular weight is 451 g/mol. The lowest BCUT2D eigenvalue weighted by molar-refractivity contribution is -0.143. The van der Waals surface area contributed by atoms with Gasteiger partial charge >= 0.3 is 0 Å². The van der Waals surface area contributed by atoms with Gasteiger partial charge in [-0.25, -0.2) is 0 Å². The molecule has 0 radical (unpaired) electrons. The fourth-order valence-electron chi connectivity index (χ4n) is 4.68. The highest BCUT2D eigenvalue weighted by molar-refractivity contribution is 5.95. The van der Waals surface area contributed by atoms with Gasteiger partial charge in [-0.2, -0.15) is 0 Å². The van der Waals surface area contributed by atoms with Crippen molar-refractivity contribution in [3.05, 3.63) is 48.5 Å². The van der Waals surface area contributed by atoms with Crippen LogP contribution >= 0.6 is 0 Å². The van der Waals surface area contributed by atoms with Gasteiger partial charge in [-0.15, -0.1) is 0 Å². The van der Waals surface area contributed by atoms with Crippen LogP contribution in [0.3, 0.4) is 0 Å². The van der Waals surface area contributed by atoms with Gasteiger partial charge in [0.2, 0.25) is 12.0 Å². The van der Waals surface area contributed by atoms with Crippen molar-refractivity contribution in [2.24, 2.45) is 0 Å². The van der Waals surface area contributed by atoms with Crippen LogP contribution in [-0.2, 0) is 9.59 Å². The Bertz CT molecular complexity index is 999. The smallest absolute Gasteiger partial charge is 0.267 e. The Morgan fingerprint density at radius 2 is 1.58 bits per heavy atom. The SMILES string of the molecule is O=C(CN1CCN(C(=O)C2COc3ccccc3O2)CC1)Nc1ccccc1N1CCCC1. The number of nitrogens with zero attached hydrogens (tertiary/aromatic N) is 3. The first-order valence-electron chi connectivity index (χ1n) is 11.7. The molecule has 0 aromatic heterocycles. The maximum atomic E-state index is 12.9. The minimum atomic E-state index is -0.628. The van der Waals surface area contributed by atoms with E-state index in [1.165, 1.54) is 12.8 Å². The van der Waals surface area contributed by atoms with Gasteiger partial charge in [0.15, 0.2) is 11.5 Å². The Morgan fingerprint density at radius 3 is 2.36 bits per heavy atom. The third-order valence-electron chi connectivity index (χ3n) is 6.46. The maximum absolute atomic E-state index is 12.9. The topological polar surface area (TPSA) is 74.4 Å². The summed E-state index contributed by atoms with van der Waals surface area (Å²) >= 11 is 0. The number of nitrogens with one attached hydrogen (secondary N) is 1. The molecule has 0 spiro atoms. The molecule has 0 saturated carbocycles. The van der Waals surface area contributed by atoms with Crippen LogP contribution in [0.15, 0.2) is 48.5 Å². The van der Waals surface area contributed by atoms with Gasteiger partial charge in [-0.1, -0.05) is 24.3 Å². The first kappa shape index (κ1) is 21.6. The summed E-state index contributed by atoms with van der Waals surface area (Å²) in [6, 6.07) is 15.4. The Kier molecular flexibility index (Phi) is 6.35. The number of hydrogen-bond acceptors (Lipinski definition) is 6. The second-order valence-corrected chi connectivity index (χ2v) is 8.73. The average Bonchev–Trinajstić information content (AvgIpc) is 3.39. The van der Waals surface area contributed by atoms with Crippen LogP contribution in [0.1, 0.15) is 12.8 Å². The summed E-state index contributed by atoms with van der Waals surface area (Å²) in [5.41, 5.74) is 1.96. The van der Waals surface area contributed by atoms with E-state index in [9.17, 15) is 9.59 Å². The molecule has 0 bridgehead atoms. The second kappa shape index (κ2) is 9.70. The standard InChI is InChI=1S/C25H30N4O4/c30-24(26-19-7-1-2-8-20(19)28-11-5-6-12-28)17-27-13-15-29(16-14-27)25(31)23-18-32-21-9-3-4-10-22(21)33-23/h1-4,7-10,23H,5-6,11-18H2,(H,26,30). The second-order valence-electron chi connectivity index (χ2n) is 8.73. The zero-order valence-corrected chi connectivity index (χ0v) is 18.7. The molecular formula is C25H30N4O4. The minimum absolute atomic E-state index is 0.0259. The number of hydrogen-bond donors (Lipinski definition) is 1. The van der Waals surface area contributed by atoms with Crippen molar-refractivity contribution in [3.63, 3.8) is 0 Å². The fraction of sp³-hybridized carbons (Fsp3) is 0.440. The third kappa shape index (κ3) is 4.90. The summed E-state index contributed by atoms with van der Waals surface area (Å²) < 4.78 is 11.5. The number of rotatable bonds is 5. The lowest BCUT2D eigenvalue weighted by atomic mass is 10.2. The lowest BCUT2D eigenvalue weighted by Crippen LogP contribution is -2.54. The van der Waals surface area contributed by atoms with E-state index in [2.05, 4.69) is 21.2 Å².